The first-order valence-corrected chi connectivity index (χ1v) is 5.03. The van der Waals surface area contributed by atoms with Crippen molar-refractivity contribution in [2.75, 3.05) is 0 Å². The SMILES string of the molecule is C=C(C#Cc1ccc(C)cc1)C1CC1. The molecule has 1 aromatic carbocycles. The van der Waals surface area contributed by atoms with Crippen LogP contribution in [0.15, 0.2) is 36.4 Å². The second kappa shape index (κ2) is 3.72. The number of aryl methyl sites for hydroxylation is 1. The van der Waals surface area contributed by atoms with Crippen molar-refractivity contribution in [3.63, 3.8) is 0 Å². The molecule has 0 nitrogen and oxygen atoms in total. The molecule has 14 heavy (non-hydrogen) atoms. The van der Waals surface area contributed by atoms with Crippen molar-refractivity contribution in [1.29, 1.82) is 0 Å². The molecule has 1 aromatic rings. The molecule has 0 heteroatoms. The van der Waals surface area contributed by atoms with E-state index >= 15 is 0 Å². The first-order chi connectivity index (χ1) is 6.75. The topological polar surface area (TPSA) is 0 Å². The molecule has 0 aromatic heterocycles. The van der Waals surface area contributed by atoms with E-state index in [0.29, 0.717) is 5.92 Å². The largest absolute Gasteiger partial charge is 0.0871 e. The molecule has 0 unspecified atom stereocenters. The maximum atomic E-state index is 3.98. The Morgan fingerprint density at radius 2 is 1.93 bits per heavy atom. The molecule has 0 N–H and O–H groups in total. The molecule has 1 saturated carbocycles. The van der Waals surface area contributed by atoms with E-state index in [1.54, 1.807) is 0 Å². The molecule has 70 valence electrons. The summed E-state index contributed by atoms with van der Waals surface area (Å²) in [7, 11) is 0. The highest BCUT2D eigenvalue weighted by atomic mass is 14.3. The zero-order chi connectivity index (χ0) is 9.97. The second-order valence-electron chi connectivity index (χ2n) is 3.92. The van der Waals surface area contributed by atoms with E-state index in [2.05, 4.69) is 49.6 Å². The van der Waals surface area contributed by atoms with Gasteiger partial charge in [0.25, 0.3) is 0 Å². The quantitative estimate of drug-likeness (QED) is 0.584. The van der Waals surface area contributed by atoms with E-state index < -0.39 is 0 Å². The summed E-state index contributed by atoms with van der Waals surface area (Å²) < 4.78 is 0. The average molecular weight is 182 g/mol. The Hall–Kier alpha value is -1.48. The second-order valence-corrected chi connectivity index (χ2v) is 3.92. The van der Waals surface area contributed by atoms with Gasteiger partial charge >= 0.3 is 0 Å². The highest BCUT2D eigenvalue weighted by molar-refractivity contribution is 5.42. The van der Waals surface area contributed by atoms with E-state index in [0.717, 1.165) is 11.1 Å². The molecule has 0 saturated heterocycles. The van der Waals surface area contributed by atoms with Crippen LogP contribution in [0.25, 0.3) is 0 Å². The van der Waals surface area contributed by atoms with Crippen LogP contribution in [0.3, 0.4) is 0 Å². The van der Waals surface area contributed by atoms with E-state index in [4.69, 9.17) is 0 Å². The zero-order valence-electron chi connectivity index (χ0n) is 8.51. The Morgan fingerprint density at radius 3 is 2.50 bits per heavy atom. The van der Waals surface area contributed by atoms with Crippen molar-refractivity contribution >= 4 is 0 Å². The van der Waals surface area contributed by atoms with Crippen LogP contribution in [0.1, 0.15) is 24.0 Å². The Morgan fingerprint density at radius 1 is 1.29 bits per heavy atom. The van der Waals surface area contributed by atoms with Gasteiger partial charge in [-0.3, -0.25) is 0 Å². The molecule has 1 fully saturated rings. The first kappa shape index (κ1) is 9.09. The first-order valence-electron chi connectivity index (χ1n) is 5.03. The van der Waals surface area contributed by atoms with Crippen molar-refractivity contribution < 1.29 is 0 Å². The van der Waals surface area contributed by atoms with Crippen LogP contribution in [-0.4, -0.2) is 0 Å². The standard InChI is InChI=1S/C14H14/c1-11-3-6-13(7-4-11)8-5-12(2)14-9-10-14/h3-4,6-7,14H,2,9-10H2,1H3. The normalized spacial score (nSPS) is 14.4. The van der Waals surface area contributed by atoms with Crippen LogP contribution in [0.2, 0.25) is 0 Å². The van der Waals surface area contributed by atoms with E-state index in [1.165, 1.54) is 18.4 Å². The summed E-state index contributed by atoms with van der Waals surface area (Å²) in [6, 6.07) is 8.29. The van der Waals surface area contributed by atoms with Gasteiger partial charge in [-0.25, -0.2) is 0 Å². The van der Waals surface area contributed by atoms with Crippen molar-refractivity contribution in [3.8, 4) is 11.8 Å². The Bertz CT molecular complexity index is 394. The summed E-state index contributed by atoms with van der Waals surface area (Å²) in [5, 5.41) is 0. The molecular formula is C14H14. The molecule has 1 aliphatic carbocycles. The van der Waals surface area contributed by atoms with Gasteiger partial charge in [0, 0.05) is 5.56 Å². The number of hydrogen-bond donors (Lipinski definition) is 0. The zero-order valence-corrected chi connectivity index (χ0v) is 8.51. The monoisotopic (exact) mass is 182 g/mol. The van der Waals surface area contributed by atoms with E-state index in [-0.39, 0.29) is 0 Å². The summed E-state index contributed by atoms with van der Waals surface area (Å²) in [6.07, 6.45) is 2.56. The lowest BCUT2D eigenvalue weighted by Gasteiger charge is -1.92. The van der Waals surface area contributed by atoms with Gasteiger partial charge < -0.3 is 0 Å². The molecule has 0 spiro atoms. The predicted octanol–water partition coefficient (Wildman–Crippen LogP) is 3.31. The van der Waals surface area contributed by atoms with Gasteiger partial charge in [-0.05, 0) is 43.4 Å². The van der Waals surface area contributed by atoms with Gasteiger partial charge in [-0.1, -0.05) is 36.1 Å². The molecule has 0 bridgehead atoms. The summed E-state index contributed by atoms with van der Waals surface area (Å²) in [5.74, 6) is 6.97. The Balaban J connectivity index is 2.08. The minimum atomic E-state index is 0.688. The van der Waals surface area contributed by atoms with Gasteiger partial charge in [0.2, 0.25) is 0 Å². The highest BCUT2D eigenvalue weighted by Crippen LogP contribution is 2.34. The Kier molecular flexibility index (Phi) is 2.41. The van der Waals surface area contributed by atoms with Gasteiger partial charge in [-0.15, -0.1) is 0 Å². The fourth-order valence-corrected chi connectivity index (χ4v) is 1.32. The van der Waals surface area contributed by atoms with Crippen molar-refractivity contribution in [1.82, 2.24) is 0 Å². The number of benzene rings is 1. The van der Waals surface area contributed by atoms with Crippen LogP contribution < -0.4 is 0 Å². The third-order valence-corrected chi connectivity index (χ3v) is 2.49. The molecular weight excluding hydrogens is 168 g/mol. The lowest BCUT2D eigenvalue weighted by molar-refractivity contribution is 1.07. The van der Waals surface area contributed by atoms with Crippen molar-refractivity contribution in [2.45, 2.75) is 19.8 Å². The fraction of sp³-hybridized carbons (Fsp3) is 0.286. The predicted molar refractivity (Wildman–Crippen MR) is 59.9 cm³/mol. The summed E-state index contributed by atoms with van der Waals surface area (Å²) in [6.45, 7) is 6.06. The van der Waals surface area contributed by atoms with Crippen molar-refractivity contribution in [2.24, 2.45) is 5.92 Å². The molecule has 0 atom stereocenters. The van der Waals surface area contributed by atoms with Crippen LogP contribution in [0.5, 0.6) is 0 Å². The lowest BCUT2D eigenvalue weighted by Crippen LogP contribution is -1.79. The summed E-state index contributed by atoms with van der Waals surface area (Å²) in [5.41, 5.74) is 3.46. The van der Waals surface area contributed by atoms with Crippen LogP contribution in [0, 0.1) is 24.7 Å². The molecule has 0 radical (unpaired) electrons. The molecule has 1 aliphatic rings. The van der Waals surface area contributed by atoms with E-state index in [1.807, 2.05) is 0 Å². The fourth-order valence-electron chi connectivity index (χ4n) is 1.32. The van der Waals surface area contributed by atoms with Gasteiger partial charge in [-0.2, -0.15) is 0 Å². The van der Waals surface area contributed by atoms with E-state index in [9.17, 15) is 0 Å². The molecule has 0 aliphatic heterocycles. The number of allylic oxidation sites excluding steroid dienone is 1. The number of rotatable bonds is 1. The van der Waals surface area contributed by atoms with Gasteiger partial charge in [0.15, 0.2) is 0 Å². The highest BCUT2D eigenvalue weighted by Gasteiger charge is 2.23. The van der Waals surface area contributed by atoms with Gasteiger partial charge in [0.1, 0.15) is 0 Å². The van der Waals surface area contributed by atoms with Crippen LogP contribution in [-0.2, 0) is 0 Å². The maximum absolute atomic E-state index is 3.98. The molecule has 2 rings (SSSR count). The molecule has 0 heterocycles. The minimum Gasteiger partial charge on any atom is -0.0871 e. The minimum absolute atomic E-state index is 0.688. The molecule has 0 amide bonds. The van der Waals surface area contributed by atoms with Crippen molar-refractivity contribution in [3.05, 3.63) is 47.5 Å². The maximum Gasteiger partial charge on any atom is 0.0249 e. The number of hydrogen-bond acceptors (Lipinski definition) is 0. The third-order valence-electron chi connectivity index (χ3n) is 2.49. The summed E-state index contributed by atoms with van der Waals surface area (Å²) in [4.78, 5) is 0. The average Bonchev–Trinajstić information content (AvgIpc) is 3.00. The van der Waals surface area contributed by atoms with Gasteiger partial charge in [0.05, 0.1) is 0 Å². The lowest BCUT2D eigenvalue weighted by atomic mass is 10.1. The smallest absolute Gasteiger partial charge is 0.0249 e. The Labute approximate surface area is 85.7 Å². The third kappa shape index (κ3) is 2.26. The summed E-state index contributed by atoms with van der Waals surface area (Å²) >= 11 is 0. The van der Waals surface area contributed by atoms with Crippen LogP contribution >= 0.6 is 0 Å². The van der Waals surface area contributed by atoms with Crippen LogP contribution in [0.4, 0.5) is 0 Å².